The summed E-state index contributed by atoms with van der Waals surface area (Å²) < 4.78 is 16.9. The lowest BCUT2D eigenvalue weighted by Crippen LogP contribution is -2.05. The van der Waals surface area contributed by atoms with Crippen LogP contribution in [0.15, 0.2) is 39.4 Å². The average molecular weight is 310 g/mol. The number of ether oxygens (including phenoxy) is 2. The highest BCUT2D eigenvalue weighted by Crippen LogP contribution is 2.35. The lowest BCUT2D eigenvalue weighted by atomic mass is 10.2. The highest BCUT2D eigenvalue weighted by atomic mass is 79.9. The number of anilines is 1. The van der Waals surface area contributed by atoms with Crippen molar-refractivity contribution in [2.24, 2.45) is 0 Å². The van der Waals surface area contributed by atoms with Crippen molar-refractivity contribution in [3.63, 3.8) is 0 Å². The van der Waals surface area contributed by atoms with Gasteiger partial charge in [0.15, 0.2) is 16.2 Å². The Labute approximate surface area is 113 Å². The maximum absolute atomic E-state index is 5.51. The van der Waals surface area contributed by atoms with Crippen LogP contribution < -0.4 is 14.8 Å². The second-order valence-corrected chi connectivity index (χ2v) is 4.86. The molecule has 2 heterocycles. The quantitative estimate of drug-likeness (QED) is 0.932. The van der Waals surface area contributed by atoms with Crippen LogP contribution in [-0.4, -0.2) is 6.79 Å². The van der Waals surface area contributed by atoms with Gasteiger partial charge < -0.3 is 19.2 Å². The molecule has 1 aliphatic heterocycles. The molecule has 1 atom stereocenters. The van der Waals surface area contributed by atoms with Gasteiger partial charge in [0.25, 0.3) is 0 Å². The lowest BCUT2D eigenvalue weighted by Gasteiger charge is -2.13. The van der Waals surface area contributed by atoms with Gasteiger partial charge in [0.1, 0.15) is 5.76 Å². The second-order valence-electron chi connectivity index (χ2n) is 4.08. The minimum atomic E-state index is 0.0803. The Morgan fingerprint density at radius 3 is 2.78 bits per heavy atom. The highest BCUT2D eigenvalue weighted by molar-refractivity contribution is 9.10. The second kappa shape index (κ2) is 4.57. The van der Waals surface area contributed by atoms with Crippen LogP contribution in [0.25, 0.3) is 0 Å². The Kier molecular flexibility index (Phi) is 2.91. The number of furan rings is 1. The standard InChI is InChI=1S/C13H12BrNO3/c1-8(10-4-5-13(14)18-10)15-9-2-3-11-12(6-9)17-7-16-11/h2-6,8,15H,7H2,1H3. The summed E-state index contributed by atoms with van der Waals surface area (Å²) >= 11 is 3.30. The highest BCUT2D eigenvalue weighted by Gasteiger charge is 2.15. The van der Waals surface area contributed by atoms with Crippen LogP contribution in [0, 0.1) is 0 Å². The van der Waals surface area contributed by atoms with Crippen molar-refractivity contribution in [1.82, 2.24) is 0 Å². The summed E-state index contributed by atoms with van der Waals surface area (Å²) in [6.07, 6.45) is 0. The van der Waals surface area contributed by atoms with E-state index in [2.05, 4.69) is 21.2 Å². The summed E-state index contributed by atoms with van der Waals surface area (Å²) in [5, 5.41) is 3.35. The van der Waals surface area contributed by atoms with Crippen LogP contribution in [0.4, 0.5) is 5.69 Å². The van der Waals surface area contributed by atoms with Crippen molar-refractivity contribution >= 4 is 21.6 Å². The van der Waals surface area contributed by atoms with Crippen LogP contribution in [0.3, 0.4) is 0 Å². The summed E-state index contributed by atoms with van der Waals surface area (Å²) in [4.78, 5) is 0. The number of hydrogen-bond acceptors (Lipinski definition) is 4. The zero-order valence-corrected chi connectivity index (χ0v) is 11.4. The Balaban J connectivity index is 1.76. The van der Waals surface area contributed by atoms with Gasteiger partial charge in [-0.3, -0.25) is 0 Å². The molecular weight excluding hydrogens is 298 g/mol. The molecule has 0 fully saturated rings. The zero-order chi connectivity index (χ0) is 12.5. The Hall–Kier alpha value is -1.62. The maximum Gasteiger partial charge on any atom is 0.231 e. The molecule has 3 rings (SSSR count). The van der Waals surface area contributed by atoms with Gasteiger partial charge in [-0.1, -0.05) is 0 Å². The third kappa shape index (κ3) is 2.18. The van der Waals surface area contributed by atoms with Gasteiger partial charge in [0, 0.05) is 11.8 Å². The van der Waals surface area contributed by atoms with Gasteiger partial charge in [0.2, 0.25) is 6.79 Å². The fourth-order valence-corrected chi connectivity index (χ4v) is 2.19. The molecule has 94 valence electrons. The van der Waals surface area contributed by atoms with Crippen LogP contribution in [-0.2, 0) is 0 Å². The molecule has 0 radical (unpaired) electrons. The molecule has 1 aromatic heterocycles. The summed E-state index contributed by atoms with van der Waals surface area (Å²) in [6, 6.07) is 9.69. The molecule has 0 bridgehead atoms. The van der Waals surface area contributed by atoms with Crippen molar-refractivity contribution in [2.75, 3.05) is 12.1 Å². The smallest absolute Gasteiger partial charge is 0.231 e. The Bertz CT molecular complexity index is 567. The monoisotopic (exact) mass is 309 g/mol. The third-order valence-electron chi connectivity index (χ3n) is 2.78. The van der Waals surface area contributed by atoms with Crippen molar-refractivity contribution < 1.29 is 13.9 Å². The predicted molar refractivity (Wildman–Crippen MR) is 71.0 cm³/mol. The molecule has 0 saturated carbocycles. The molecule has 1 aliphatic rings. The summed E-state index contributed by atoms with van der Waals surface area (Å²) in [6.45, 7) is 2.33. The minimum Gasteiger partial charge on any atom is -0.454 e. The third-order valence-corrected chi connectivity index (χ3v) is 3.20. The Morgan fingerprint density at radius 2 is 2.00 bits per heavy atom. The van der Waals surface area contributed by atoms with Gasteiger partial charge in [0.05, 0.1) is 6.04 Å². The van der Waals surface area contributed by atoms with E-state index < -0.39 is 0 Å². The molecule has 0 amide bonds. The molecule has 2 aromatic rings. The molecule has 4 nitrogen and oxygen atoms in total. The number of rotatable bonds is 3. The average Bonchev–Trinajstić information content (AvgIpc) is 2.96. The van der Waals surface area contributed by atoms with Crippen molar-refractivity contribution in [3.05, 3.63) is 40.8 Å². The molecule has 0 aliphatic carbocycles. The molecular formula is C13H12BrNO3. The van der Waals surface area contributed by atoms with Gasteiger partial charge in [-0.2, -0.15) is 0 Å². The van der Waals surface area contributed by atoms with Gasteiger partial charge in [-0.15, -0.1) is 0 Å². The van der Waals surface area contributed by atoms with E-state index in [0.29, 0.717) is 6.79 Å². The van der Waals surface area contributed by atoms with Crippen LogP contribution in [0.1, 0.15) is 18.7 Å². The van der Waals surface area contributed by atoms with E-state index in [1.54, 1.807) is 0 Å². The van der Waals surface area contributed by atoms with Crippen molar-refractivity contribution in [3.8, 4) is 11.5 Å². The van der Waals surface area contributed by atoms with E-state index in [4.69, 9.17) is 13.9 Å². The molecule has 0 saturated heterocycles. The predicted octanol–water partition coefficient (Wildman–Crippen LogP) is 3.94. The first-order valence-electron chi connectivity index (χ1n) is 5.64. The zero-order valence-electron chi connectivity index (χ0n) is 9.77. The molecule has 0 spiro atoms. The largest absolute Gasteiger partial charge is 0.454 e. The van der Waals surface area contributed by atoms with Crippen LogP contribution in [0.5, 0.6) is 11.5 Å². The Morgan fingerprint density at radius 1 is 1.17 bits per heavy atom. The number of halogens is 1. The topological polar surface area (TPSA) is 43.6 Å². The van der Waals surface area contributed by atoms with Gasteiger partial charge in [-0.05, 0) is 47.1 Å². The van der Waals surface area contributed by atoms with E-state index >= 15 is 0 Å². The SMILES string of the molecule is CC(Nc1ccc2c(c1)OCO2)c1ccc(Br)o1. The fourth-order valence-electron chi connectivity index (χ4n) is 1.87. The molecule has 18 heavy (non-hydrogen) atoms. The van der Waals surface area contributed by atoms with Gasteiger partial charge in [-0.25, -0.2) is 0 Å². The number of nitrogens with one attached hydrogen (secondary N) is 1. The maximum atomic E-state index is 5.51. The van der Waals surface area contributed by atoms with Crippen LogP contribution in [0.2, 0.25) is 0 Å². The summed E-state index contributed by atoms with van der Waals surface area (Å²) in [7, 11) is 0. The minimum absolute atomic E-state index is 0.0803. The summed E-state index contributed by atoms with van der Waals surface area (Å²) in [5.41, 5.74) is 0.972. The fraction of sp³-hybridized carbons (Fsp3) is 0.231. The number of benzene rings is 1. The van der Waals surface area contributed by atoms with Gasteiger partial charge >= 0.3 is 0 Å². The molecule has 5 heteroatoms. The van der Waals surface area contributed by atoms with Crippen molar-refractivity contribution in [1.29, 1.82) is 0 Å². The van der Waals surface area contributed by atoms with E-state index in [-0.39, 0.29) is 6.04 Å². The number of hydrogen-bond donors (Lipinski definition) is 1. The first-order valence-corrected chi connectivity index (χ1v) is 6.43. The molecule has 1 aromatic carbocycles. The molecule has 1 unspecified atom stereocenters. The summed E-state index contributed by atoms with van der Waals surface area (Å²) in [5.74, 6) is 2.43. The molecule has 1 N–H and O–H groups in total. The van der Waals surface area contributed by atoms with E-state index in [0.717, 1.165) is 27.6 Å². The number of fused-ring (bicyclic) bond motifs is 1. The lowest BCUT2D eigenvalue weighted by molar-refractivity contribution is 0.174. The first kappa shape index (κ1) is 11.5. The van der Waals surface area contributed by atoms with E-state index in [9.17, 15) is 0 Å². The first-order chi connectivity index (χ1) is 8.72. The van der Waals surface area contributed by atoms with E-state index in [1.165, 1.54) is 0 Å². The van der Waals surface area contributed by atoms with Crippen LogP contribution >= 0.6 is 15.9 Å². The van der Waals surface area contributed by atoms with E-state index in [1.807, 2.05) is 37.3 Å². The normalized spacial score (nSPS) is 14.6. The van der Waals surface area contributed by atoms with Crippen molar-refractivity contribution in [2.45, 2.75) is 13.0 Å².